The molecule has 0 bridgehead atoms. The summed E-state index contributed by atoms with van der Waals surface area (Å²) in [5.74, 6) is -1.27. The SMILES string of the molecule is CSCC[C@@H](C(=O)O)N(NC(=O)C(Cl)Cl)[C@@H]1CN(c2ccc(C3CCC(=O)NC3)cc2)C(=O)O1. The quantitative estimate of drug-likeness (QED) is 0.309. The maximum atomic E-state index is 12.7. The summed E-state index contributed by atoms with van der Waals surface area (Å²) >= 11 is 12.7. The van der Waals surface area contributed by atoms with Crippen LogP contribution < -0.4 is 15.6 Å². The number of hydrogen-bond acceptors (Lipinski definition) is 7. The number of carboxylic acid groups (broad SMARTS) is 1. The van der Waals surface area contributed by atoms with Gasteiger partial charge in [-0.05, 0) is 42.5 Å². The van der Waals surface area contributed by atoms with Crippen molar-refractivity contribution in [3.63, 3.8) is 0 Å². The number of amides is 3. The number of piperidine rings is 1. The van der Waals surface area contributed by atoms with Crippen molar-refractivity contribution in [2.24, 2.45) is 0 Å². The van der Waals surface area contributed by atoms with E-state index < -0.39 is 35.1 Å². The predicted molar refractivity (Wildman–Crippen MR) is 129 cm³/mol. The highest BCUT2D eigenvalue weighted by Crippen LogP contribution is 2.29. The monoisotopic (exact) mass is 532 g/mol. The van der Waals surface area contributed by atoms with Crippen molar-refractivity contribution >= 4 is 64.5 Å². The minimum atomic E-state index is -1.43. The predicted octanol–water partition coefficient (Wildman–Crippen LogP) is 2.31. The minimum Gasteiger partial charge on any atom is -0.480 e. The molecule has 3 rings (SSSR count). The molecule has 13 heteroatoms. The Morgan fingerprint density at radius 2 is 2.03 bits per heavy atom. The number of aliphatic carboxylic acids is 1. The topological polar surface area (TPSA) is 128 Å². The van der Waals surface area contributed by atoms with Crippen molar-refractivity contribution in [2.75, 3.05) is 30.0 Å². The van der Waals surface area contributed by atoms with E-state index in [-0.39, 0.29) is 24.8 Å². The first kappa shape index (κ1) is 26.4. The number of hydrogen-bond donors (Lipinski definition) is 3. The number of nitrogens with one attached hydrogen (secondary N) is 2. The second kappa shape index (κ2) is 12.0. The van der Waals surface area contributed by atoms with Gasteiger partial charge >= 0.3 is 12.1 Å². The Bertz CT molecular complexity index is 909. The van der Waals surface area contributed by atoms with Gasteiger partial charge in [-0.25, -0.2) is 4.79 Å². The molecule has 3 atom stereocenters. The number of cyclic esters (lactones) is 1. The first-order chi connectivity index (χ1) is 16.2. The van der Waals surface area contributed by atoms with Gasteiger partial charge in [0.25, 0.3) is 5.91 Å². The van der Waals surface area contributed by atoms with E-state index in [9.17, 15) is 24.3 Å². The van der Waals surface area contributed by atoms with E-state index in [0.717, 1.165) is 17.0 Å². The first-order valence-corrected chi connectivity index (χ1v) is 12.9. The third-order valence-electron chi connectivity index (χ3n) is 5.70. The molecule has 10 nitrogen and oxygen atoms in total. The van der Waals surface area contributed by atoms with Crippen LogP contribution in [-0.2, 0) is 19.1 Å². The molecule has 1 aromatic rings. The van der Waals surface area contributed by atoms with Crippen LogP contribution >= 0.6 is 35.0 Å². The molecular weight excluding hydrogens is 507 g/mol. The Balaban J connectivity index is 1.76. The Morgan fingerprint density at radius 1 is 1.32 bits per heavy atom. The number of anilines is 1. The smallest absolute Gasteiger partial charge is 0.416 e. The van der Waals surface area contributed by atoms with Crippen molar-refractivity contribution in [1.29, 1.82) is 0 Å². The van der Waals surface area contributed by atoms with E-state index in [4.69, 9.17) is 27.9 Å². The lowest BCUT2D eigenvalue weighted by atomic mass is 9.91. The standard InChI is InChI=1S/C21H26Cl2N4O6S/c1-34-9-8-15(20(30)31)27(25-19(29)18(22)23)17-11-26(21(32)33-17)14-5-2-12(3-6-14)13-4-7-16(28)24-10-13/h2-3,5-6,13,15,17-18H,4,7-11H2,1H3,(H,24,28)(H,25,29)(H,30,31)/t13?,15-,17-/m0/s1. The number of hydrazine groups is 1. The largest absolute Gasteiger partial charge is 0.480 e. The highest BCUT2D eigenvalue weighted by molar-refractivity contribution is 7.98. The zero-order valence-corrected chi connectivity index (χ0v) is 20.7. The third-order valence-corrected chi connectivity index (χ3v) is 6.74. The summed E-state index contributed by atoms with van der Waals surface area (Å²) in [7, 11) is 0. The Labute approximate surface area is 211 Å². The maximum Gasteiger partial charge on any atom is 0.416 e. The molecule has 2 saturated heterocycles. The van der Waals surface area contributed by atoms with Gasteiger partial charge in [-0.2, -0.15) is 16.8 Å². The van der Waals surface area contributed by atoms with Gasteiger partial charge in [0.15, 0.2) is 11.1 Å². The molecule has 2 aliphatic heterocycles. The molecule has 3 amide bonds. The van der Waals surface area contributed by atoms with E-state index >= 15 is 0 Å². The average Bonchev–Trinajstić information content (AvgIpc) is 3.20. The van der Waals surface area contributed by atoms with Crippen LogP contribution in [0.15, 0.2) is 24.3 Å². The van der Waals surface area contributed by atoms with Gasteiger partial charge in [0.1, 0.15) is 6.04 Å². The van der Waals surface area contributed by atoms with Crippen LogP contribution in [0.4, 0.5) is 10.5 Å². The summed E-state index contributed by atoms with van der Waals surface area (Å²) in [6.45, 7) is 0.547. The Kier molecular flexibility index (Phi) is 9.29. The van der Waals surface area contributed by atoms with E-state index in [2.05, 4.69) is 10.7 Å². The minimum absolute atomic E-state index is 0.0176. The number of nitrogens with zero attached hydrogens (tertiary/aromatic N) is 2. The molecule has 0 aliphatic carbocycles. The molecule has 186 valence electrons. The normalized spacial score (nSPS) is 21.4. The number of thioether (sulfide) groups is 1. The number of halogens is 2. The number of ether oxygens (including phenoxy) is 1. The highest BCUT2D eigenvalue weighted by Gasteiger charge is 2.42. The number of carbonyl (C=O) groups excluding carboxylic acids is 3. The molecule has 2 aliphatic rings. The van der Waals surface area contributed by atoms with Crippen LogP contribution in [0, 0.1) is 0 Å². The number of benzene rings is 1. The van der Waals surface area contributed by atoms with Crippen LogP contribution in [0.2, 0.25) is 0 Å². The zero-order chi connectivity index (χ0) is 24.8. The van der Waals surface area contributed by atoms with E-state index in [1.807, 2.05) is 18.4 Å². The number of alkyl halides is 2. The first-order valence-electron chi connectivity index (χ1n) is 10.6. The zero-order valence-electron chi connectivity index (χ0n) is 18.4. The summed E-state index contributed by atoms with van der Waals surface area (Å²) < 4.78 is 5.44. The van der Waals surface area contributed by atoms with Crippen LogP contribution in [-0.4, -0.2) is 76.2 Å². The molecule has 34 heavy (non-hydrogen) atoms. The molecule has 2 heterocycles. The number of carboxylic acids is 1. The molecule has 0 aromatic heterocycles. The summed E-state index contributed by atoms with van der Waals surface area (Å²) in [6, 6.07) is 6.16. The second-order valence-corrected chi connectivity index (χ2v) is 9.98. The van der Waals surface area contributed by atoms with Crippen molar-refractivity contribution in [3.8, 4) is 0 Å². The summed E-state index contributed by atoms with van der Waals surface area (Å²) in [4.78, 5) is 48.1. The molecular formula is C21H26Cl2N4O6S. The molecule has 1 aromatic carbocycles. The van der Waals surface area contributed by atoms with Gasteiger partial charge in [0.05, 0.1) is 6.54 Å². The molecule has 0 radical (unpaired) electrons. The lowest BCUT2D eigenvalue weighted by Crippen LogP contribution is -2.58. The third kappa shape index (κ3) is 6.47. The van der Waals surface area contributed by atoms with Crippen LogP contribution in [0.3, 0.4) is 0 Å². The van der Waals surface area contributed by atoms with Gasteiger partial charge in [0, 0.05) is 24.6 Å². The molecule has 1 unspecified atom stereocenters. The fourth-order valence-electron chi connectivity index (χ4n) is 3.88. The lowest BCUT2D eigenvalue weighted by Gasteiger charge is -2.32. The van der Waals surface area contributed by atoms with E-state index in [0.29, 0.717) is 24.4 Å². The van der Waals surface area contributed by atoms with Gasteiger partial charge < -0.3 is 15.2 Å². The van der Waals surface area contributed by atoms with Crippen molar-refractivity contribution in [2.45, 2.75) is 42.3 Å². The van der Waals surface area contributed by atoms with Crippen molar-refractivity contribution < 1.29 is 29.0 Å². The summed E-state index contributed by atoms with van der Waals surface area (Å²) in [6.07, 6.45) is 1.50. The summed E-state index contributed by atoms with van der Waals surface area (Å²) in [5, 5.41) is 13.7. The number of carbonyl (C=O) groups is 4. The fraction of sp³-hybridized carbons (Fsp3) is 0.524. The molecule has 2 fully saturated rings. The lowest BCUT2D eigenvalue weighted by molar-refractivity contribution is -0.153. The van der Waals surface area contributed by atoms with Gasteiger partial charge in [-0.1, -0.05) is 35.3 Å². The highest BCUT2D eigenvalue weighted by atomic mass is 35.5. The Hall–Kier alpha value is -2.21. The number of rotatable bonds is 10. The fourth-order valence-corrected chi connectivity index (χ4v) is 4.44. The Morgan fingerprint density at radius 3 is 2.59 bits per heavy atom. The second-order valence-electron chi connectivity index (χ2n) is 7.90. The van der Waals surface area contributed by atoms with Gasteiger partial charge in [-0.15, -0.1) is 0 Å². The summed E-state index contributed by atoms with van der Waals surface area (Å²) in [5.41, 5.74) is 4.00. The molecule has 0 saturated carbocycles. The molecule has 3 N–H and O–H groups in total. The van der Waals surface area contributed by atoms with Gasteiger partial charge in [-0.3, -0.25) is 24.7 Å². The van der Waals surface area contributed by atoms with Crippen LogP contribution in [0.25, 0.3) is 0 Å². The van der Waals surface area contributed by atoms with Crippen molar-refractivity contribution in [1.82, 2.24) is 15.8 Å². The van der Waals surface area contributed by atoms with E-state index in [1.165, 1.54) is 16.7 Å². The van der Waals surface area contributed by atoms with Crippen LogP contribution in [0.1, 0.15) is 30.7 Å². The van der Waals surface area contributed by atoms with Crippen LogP contribution in [0.5, 0.6) is 0 Å². The van der Waals surface area contributed by atoms with E-state index in [1.54, 1.807) is 12.1 Å². The van der Waals surface area contributed by atoms with Crippen molar-refractivity contribution in [3.05, 3.63) is 29.8 Å². The van der Waals surface area contributed by atoms with Gasteiger partial charge in [0.2, 0.25) is 5.91 Å². The average molecular weight is 533 g/mol. The molecule has 0 spiro atoms. The maximum absolute atomic E-state index is 12.7.